The first kappa shape index (κ1) is 22.0. The maximum absolute atomic E-state index is 12.7. The minimum atomic E-state index is -1.03. The molecule has 0 amide bonds. The van der Waals surface area contributed by atoms with E-state index in [1.807, 2.05) is 54.6 Å². The first-order valence-electron chi connectivity index (χ1n) is 8.57. The Morgan fingerprint density at radius 1 is 0.897 bits per heavy atom. The zero-order valence-electron chi connectivity index (χ0n) is 15.3. The summed E-state index contributed by atoms with van der Waals surface area (Å²) in [4.78, 5) is 20.7. The normalized spacial score (nSPS) is 10.3. The molecule has 0 saturated carbocycles. The fraction of sp³-hybridized carbons (Fsp3) is 0.0435. The second kappa shape index (κ2) is 10.9. The van der Waals surface area contributed by atoms with Crippen LogP contribution in [0.15, 0.2) is 83.3 Å². The SMILES string of the molecule is O=C(O)/C=C/c1ccc(F)c(Br)c1.O=C(O)Cc1ccc(-c2ccccc2)cc1. The van der Waals surface area contributed by atoms with Crippen LogP contribution in [0.25, 0.3) is 17.2 Å². The van der Waals surface area contributed by atoms with Crippen LogP contribution in [0, 0.1) is 5.82 Å². The zero-order valence-corrected chi connectivity index (χ0v) is 16.8. The van der Waals surface area contributed by atoms with Gasteiger partial charge in [-0.1, -0.05) is 60.7 Å². The van der Waals surface area contributed by atoms with E-state index in [-0.39, 0.29) is 12.2 Å². The standard InChI is InChI=1S/C14H12O2.C9H6BrFO2/c15-14(16)10-11-6-8-13(9-7-11)12-4-2-1-3-5-12;10-7-5-6(1-3-8(7)11)2-4-9(12)13/h1-9H,10H2,(H,15,16);1-5H,(H,12,13)/b;4-2+. The summed E-state index contributed by atoms with van der Waals surface area (Å²) in [6.07, 6.45) is 2.47. The van der Waals surface area contributed by atoms with Gasteiger partial charge in [0.25, 0.3) is 0 Å². The van der Waals surface area contributed by atoms with Crippen LogP contribution in [0.5, 0.6) is 0 Å². The third-order valence-electron chi connectivity index (χ3n) is 3.78. The van der Waals surface area contributed by atoms with Crippen molar-refractivity contribution in [3.63, 3.8) is 0 Å². The summed E-state index contributed by atoms with van der Waals surface area (Å²) in [6.45, 7) is 0. The van der Waals surface area contributed by atoms with Gasteiger partial charge < -0.3 is 10.2 Å². The molecule has 0 aliphatic carbocycles. The average molecular weight is 457 g/mol. The highest BCUT2D eigenvalue weighted by Gasteiger charge is 2.01. The topological polar surface area (TPSA) is 74.6 Å². The van der Waals surface area contributed by atoms with Gasteiger partial charge in [-0.25, -0.2) is 9.18 Å². The number of halogens is 2. The average Bonchev–Trinajstić information content (AvgIpc) is 2.70. The molecule has 0 spiro atoms. The number of hydrogen-bond donors (Lipinski definition) is 2. The lowest BCUT2D eigenvalue weighted by atomic mass is 10.0. The van der Waals surface area contributed by atoms with Gasteiger partial charge in [-0.15, -0.1) is 0 Å². The molecule has 3 aromatic rings. The van der Waals surface area contributed by atoms with E-state index >= 15 is 0 Å². The molecular weight excluding hydrogens is 439 g/mol. The van der Waals surface area contributed by atoms with Crippen LogP contribution in [0.4, 0.5) is 4.39 Å². The second-order valence-electron chi connectivity index (χ2n) is 5.98. The van der Waals surface area contributed by atoms with Crippen LogP contribution >= 0.6 is 15.9 Å². The summed E-state index contributed by atoms with van der Waals surface area (Å²) in [5, 5.41) is 17.0. The molecule has 0 saturated heterocycles. The van der Waals surface area contributed by atoms with Gasteiger partial charge in [-0.05, 0) is 56.4 Å². The number of benzene rings is 3. The van der Waals surface area contributed by atoms with Crippen LogP contribution < -0.4 is 0 Å². The Morgan fingerprint density at radius 3 is 2.07 bits per heavy atom. The van der Waals surface area contributed by atoms with Crippen LogP contribution in [0.3, 0.4) is 0 Å². The minimum Gasteiger partial charge on any atom is -0.481 e. The molecule has 3 aromatic carbocycles. The Kier molecular flexibility index (Phi) is 8.30. The first-order valence-corrected chi connectivity index (χ1v) is 9.36. The maximum atomic E-state index is 12.7. The molecule has 2 N–H and O–H groups in total. The molecule has 0 bridgehead atoms. The number of carboxylic acids is 2. The fourth-order valence-corrected chi connectivity index (χ4v) is 2.80. The Balaban J connectivity index is 0.000000212. The fourth-order valence-electron chi connectivity index (χ4n) is 2.40. The van der Waals surface area contributed by atoms with E-state index in [0.717, 1.165) is 22.8 Å². The molecule has 4 nitrogen and oxygen atoms in total. The lowest BCUT2D eigenvalue weighted by Crippen LogP contribution is -1.99. The van der Waals surface area contributed by atoms with E-state index in [2.05, 4.69) is 15.9 Å². The van der Waals surface area contributed by atoms with E-state index in [1.54, 1.807) is 0 Å². The highest BCUT2D eigenvalue weighted by molar-refractivity contribution is 9.10. The molecule has 0 radical (unpaired) electrons. The maximum Gasteiger partial charge on any atom is 0.328 e. The molecule has 148 valence electrons. The Bertz CT molecular complexity index is 999. The zero-order chi connectivity index (χ0) is 21.2. The van der Waals surface area contributed by atoms with Gasteiger partial charge >= 0.3 is 11.9 Å². The second-order valence-corrected chi connectivity index (χ2v) is 6.83. The highest BCUT2D eigenvalue weighted by atomic mass is 79.9. The molecule has 0 heterocycles. The lowest BCUT2D eigenvalue weighted by molar-refractivity contribution is -0.136. The van der Waals surface area contributed by atoms with Crippen molar-refractivity contribution in [1.29, 1.82) is 0 Å². The summed E-state index contributed by atoms with van der Waals surface area (Å²) in [5.74, 6) is -2.19. The van der Waals surface area contributed by atoms with E-state index in [1.165, 1.54) is 24.3 Å². The van der Waals surface area contributed by atoms with E-state index in [0.29, 0.717) is 10.0 Å². The van der Waals surface area contributed by atoms with Crippen molar-refractivity contribution in [2.24, 2.45) is 0 Å². The third-order valence-corrected chi connectivity index (χ3v) is 4.39. The summed E-state index contributed by atoms with van der Waals surface area (Å²) in [6, 6.07) is 21.9. The quantitative estimate of drug-likeness (QED) is 0.485. The van der Waals surface area contributed by atoms with Gasteiger partial charge in [0.05, 0.1) is 10.9 Å². The predicted molar refractivity (Wildman–Crippen MR) is 114 cm³/mol. The van der Waals surface area contributed by atoms with Gasteiger partial charge in [-0.2, -0.15) is 0 Å². The van der Waals surface area contributed by atoms with Crippen molar-refractivity contribution >= 4 is 33.9 Å². The van der Waals surface area contributed by atoms with Gasteiger partial charge in [-0.3, -0.25) is 4.79 Å². The molecule has 0 aromatic heterocycles. The third kappa shape index (κ3) is 7.71. The van der Waals surface area contributed by atoms with Crippen molar-refractivity contribution in [2.45, 2.75) is 6.42 Å². The van der Waals surface area contributed by atoms with Crippen molar-refractivity contribution < 1.29 is 24.2 Å². The number of carbonyl (C=O) groups is 2. The smallest absolute Gasteiger partial charge is 0.328 e. The largest absolute Gasteiger partial charge is 0.481 e. The Morgan fingerprint density at radius 2 is 1.52 bits per heavy atom. The molecule has 0 unspecified atom stereocenters. The van der Waals surface area contributed by atoms with Gasteiger partial charge in [0.15, 0.2) is 0 Å². The van der Waals surface area contributed by atoms with E-state index in [4.69, 9.17) is 10.2 Å². The first-order chi connectivity index (χ1) is 13.8. The number of aliphatic carboxylic acids is 2. The summed E-state index contributed by atoms with van der Waals surface area (Å²) < 4.78 is 13.0. The lowest BCUT2D eigenvalue weighted by Gasteiger charge is -2.02. The Hall–Kier alpha value is -3.25. The predicted octanol–water partition coefficient (Wildman–Crippen LogP) is 5.67. The summed E-state index contributed by atoms with van der Waals surface area (Å²) >= 11 is 3.00. The molecular formula is C23H18BrFO4. The van der Waals surface area contributed by atoms with Crippen molar-refractivity contribution in [3.8, 4) is 11.1 Å². The van der Waals surface area contributed by atoms with Crippen molar-refractivity contribution in [2.75, 3.05) is 0 Å². The monoisotopic (exact) mass is 456 g/mol. The molecule has 0 atom stereocenters. The Labute approximate surface area is 176 Å². The van der Waals surface area contributed by atoms with Gasteiger partial charge in [0.2, 0.25) is 0 Å². The molecule has 29 heavy (non-hydrogen) atoms. The van der Waals surface area contributed by atoms with Crippen molar-refractivity contribution in [1.82, 2.24) is 0 Å². The molecule has 0 aliphatic rings. The minimum absolute atomic E-state index is 0.0784. The van der Waals surface area contributed by atoms with E-state index < -0.39 is 11.9 Å². The number of hydrogen-bond acceptors (Lipinski definition) is 2. The van der Waals surface area contributed by atoms with Gasteiger partial charge in [0.1, 0.15) is 5.82 Å². The summed E-state index contributed by atoms with van der Waals surface area (Å²) in [7, 11) is 0. The molecule has 6 heteroatoms. The van der Waals surface area contributed by atoms with Crippen LogP contribution in [0.2, 0.25) is 0 Å². The van der Waals surface area contributed by atoms with E-state index in [9.17, 15) is 14.0 Å². The number of carboxylic acid groups (broad SMARTS) is 2. The van der Waals surface area contributed by atoms with Gasteiger partial charge in [0, 0.05) is 6.08 Å². The number of rotatable bonds is 5. The van der Waals surface area contributed by atoms with Crippen LogP contribution in [-0.4, -0.2) is 22.2 Å². The summed E-state index contributed by atoms with van der Waals surface area (Å²) in [5.41, 5.74) is 3.71. The molecule has 3 rings (SSSR count). The highest BCUT2D eigenvalue weighted by Crippen LogP contribution is 2.19. The van der Waals surface area contributed by atoms with Crippen LogP contribution in [-0.2, 0) is 16.0 Å². The van der Waals surface area contributed by atoms with Crippen LogP contribution in [0.1, 0.15) is 11.1 Å². The van der Waals surface area contributed by atoms with Crippen molar-refractivity contribution in [3.05, 3.63) is 100 Å². The molecule has 0 fully saturated rings. The molecule has 0 aliphatic heterocycles.